The van der Waals surface area contributed by atoms with Crippen LogP contribution in [-0.2, 0) is 14.6 Å². The van der Waals surface area contributed by atoms with Gasteiger partial charge in [0.1, 0.15) is 5.82 Å². The van der Waals surface area contributed by atoms with Crippen molar-refractivity contribution in [1.29, 1.82) is 0 Å². The number of sulfone groups is 1. The van der Waals surface area contributed by atoms with E-state index in [1.165, 1.54) is 36.4 Å². The van der Waals surface area contributed by atoms with E-state index in [9.17, 15) is 22.7 Å². The van der Waals surface area contributed by atoms with Crippen molar-refractivity contribution in [3.05, 3.63) is 65.5 Å². The van der Waals surface area contributed by atoms with Crippen molar-refractivity contribution in [2.45, 2.75) is 23.0 Å². The zero-order valence-electron chi connectivity index (χ0n) is 12.3. The molecule has 1 aliphatic carbocycles. The van der Waals surface area contributed by atoms with Gasteiger partial charge in [0.15, 0.2) is 9.84 Å². The highest BCUT2D eigenvalue weighted by molar-refractivity contribution is 7.92. The van der Waals surface area contributed by atoms with Crippen LogP contribution in [0.15, 0.2) is 53.4 Å². The molecule has 0 amide bonds. The summed E-state index contributed by atoms with van der Waals surface area (Å²) in [6.07, 6.45) is 0. The molecule has 0 unspecified atom stereocenters. The van der Waals surface area contributed by atoms with Crippen LogP contribution in [0.25, 0.3) is 0 Å². The molecule has 0 heterocycles. The quantitative estimate of drug-likeness (QED) is 0.933. The Morgan fingerprint density at radius 1 is 1.04 bits per heavy atom. The fraction of sp³-hybridized carbons (Fsp3) is 0.235. The van der Waals surface area contributed by atoms with Crippen molar-refractivity contribution in [1.82, 2.24) is 0 Å². The number of hydrogen-bond acceptors (Lipinski definition) is 3. The highest BCUT2D eigenvalue weighted by atomic mass is 32.2. The molecular formula is C17H15FO4S. The Bertz CT molecular complexity index is 841. The Morgan fingerprint density at radius 2 is 1.61 bits per heavy atom. The molecule has 1 fully saturated rings. The van der Waals surface area contributed by atoms with Gasteiger partial charge in [0.2, 0.25) is 0 Å². The molecule has 0 bridgehead atoms. The molecule has 23 heavy (non-hydrogen) atoms. The molecule has 0 spiro atoms. The van der Waals surface area contributed by atoms with Crippen molar-refractivity contribution < 1.29 is 22.7 Å². The molecule has 120 valence electrons. The lowest BCUT2D eigenvalue weighted by Gasteiger charge is -2.04. The lowest BCUT2D eigenvalue weighted by molar-refractivity contribution is -0.138. The minimum atomic E-state index is -3.76. The minimum absolute atomic E-state index is 0.115. The Hall–Kier alpha value is -2.21. The van der Waals surface area contributed by atoms with Crippen LogP contribution in [0.2, 0.25) is 0 Å². The normalized spacial score (nSPS) is 23.5. The highest BCUT2D eigenvalue weighted by Crippen LogP contribution is 2.54. The maximum absolute atomic E-state index is 13.0. The third-order valence-corrected chi connectivity index (χ3v) is 6.43. The molecule has 0 aliphatic heterocycles. The predicted octanol–water partition coefficient (Wildman–Crippen LogP) is 2.77. The van der Waals surface area contributed by atoms with Gasteiger partial charge in [-0.15, -0.1) is 0 Å². The Morgan fingerprint density at radius 3 is 2.13 bits per heavy atom. The molecule has 3 rings (SSSR count). The largest absolute Gasteiger partial charge is 0.481 e. The first-order chi connectivity index (χ1) is 10.8. The number of aliphatic carboxylic acids is 1. The first kappa shape index (κ1) is 15.7. The molecule has 1 aliphatic rings. The van der Waals surface area contributed by atoms with Crippen molar-refractivity contribution in [3.63, 3.8) is 0 Å². The van der Waals surface area contributed by atoms with Gasteiger partial charge in [-0.05, 0) is 36.8 Å². The fourth-order valence-electron chi connectivity index (χ4n) is 2.93. The zero-order valence-corrected chi connectivity index (χ0v) is 13.1. The number of carbonyl (C=O) groups is 1. The first-order valence-corrected chi connectivity index (χ1v) is 8.66. The Labute approximate surface area is 133 Å². The van der Waals surface area contributed by atoms with E-state index in [1.54, 1.807) is 12.1 Å². The molecule has 0 aromatic heterocycles. The predicted molar refractivity (Wildman–Crippen MR) is 82.4 cm³/mol. The maximum Gasteiger partial charge on any atom is 0.308 e. The van der Waals surface area contributed by atoms with Crippen LogP contribution in [0, 0.1) is 18.7 Å². The molecule has 4 nitrogen and oxygen atoms in total. The van der Waals surface area contributed by atoms with Crippen LogP contribution < -0.4 is 0 Å². The van der Waals surface area contributed by atoms with Crippen LogP contribution >= 0.6 is 0 Å². The summed E-state index contributed by atoms with van der Waals surface area (Å²) >= 11 is 0. The van der Waals surface area contributed by atoms with E-state index in [2.05, 4.69) is 0 Å². The van der Waals surface area contributed by atoms with Crippen LogP contribution in [-0.4, -0.2) is 24.7 Å². The average Bonchev–Trinajstić information content (AvgIpc) is 3.25. The molecule has 6 heteroatoms. The number of hydrogen-bond donors (Lipinski definition) is 1. The van der Waals surface area contributed by atoms with Crippen molar-refractivity contribution in [2.24, 2.45) is 5.92 Å². The molecule has 3 atom stereocenters. The van der Waals surface area contributed by atoms with E-state index in [1.807, 2.05) is 6.92 Å². The van der Waals surface area contributed by atoms with Gasteiger partial charge in [0, 0.05) is 5.92 Å². The van der Waals surface area contributed by atoms with E-state index in [0.29, 0.717) is 5.56 Å². The van der Waals surface area contributed by atoms with Gasteiger partial charge in [-0.2, -0.15) is 0 Å². The highest BCUT2D eigenvalue weighted by Gasteiger charge is 2.63. The standard InChI is InChI=1S/C17H15FO4S/c1-10-2-8-13(9-3-10)23(21,22)16-14(15(16)17(19)20)11-4-6-12(18)7-5-11/h2-9,14-16H,1H3,(H,19,20)/t14-,15+,16-/m0/s1. The molecule has 2 aromatic rings. The number of carboxylic acids is 1. The fourth-order valence-corrected chi connectivity index (χ4v) is 5.05. The van der Waals surface area contributed by atoms with Gasteiger partial charge in [-0.3, -0.25) is 4.79 Å². The van der Waals surface area contributed by atoms with Crippen molar-refractivity contribution in [3.8, 4) is 0 Å². The van der Waals surface area contributed by atoms with Crippen LogP contribution in [0.4, 0.5) is 4.39 Å². The van der Waals surface area contributed by atoms with Gasteiger partial charge in [-0.25, -0.2) is 12.8 Å². The van der Waals surface area contributed by atoms with E-state index in [-0.39, 0.29) is 4.90 Å². The molecule has 0 radical (unpaired) electrons. The summed E-state index contributed by atoms with van der Waals surface area (Å²) in [6, 6.07) is 11.6. The van der Waals surface area contributed by atoms with Crippen molar-refractivity contribution >= 4 is 15.8 Å². The lowest BCUT2D eigenvalue weighted by Crippen LogP contribution is -2.13. The number of carboxylic acid groups (broad SMARTS) is 1. The third kappa shape index (κ3) is 2.74. The van der Waals surface area contributed by atoms with Gasteiger partial charge in [0.25, 0.3) is 0 Å². The number of benzene rings is 2. The number of halogens is 1. The topological polar surface area (TPSA) is 71.4 Å². The summed E-state index contributed by atoms with van der Waals surface area (Å²) in [5.74, 6) is -3.26. The number of aryl methyl sites for hydroxylation is 1. The second-order valence-corrected chi connectivity index (χ2v) is 7.87. The summed E-state index contributed by atoms with van der Waals surface area (Å²) in [5.41, 5.74) is 1.45. The van der Waals surface area contributed by atoms with E-state index < -0.39 is 38.7 Å². The monoisotopic (exact) mass is 334 g/mol. The van der Waals surface area contributed by atoms with Crippen LogP contribution in [0.5, 0.6) is 0 Å². The second kappa shape index (κ2) is 5.45. The zero-order chi connectivity index (χ0) is 16.8. The van der Waals surface area contributed by atoms with Gasteiger partial charge < -0.3 is 5.11 Å². The van der Waals surface area contributed by atoms with Gasteiger partial charge in [0.05, 0.1) is 16.1 Å². The van der Waals surface area contributed by atoms with Crippen molar-refractivity contribution in [2.75, 3.05) is 0 Å². The second-order valence-electron chi connectivity index (χ2n) is 5.76. The molecule has 2 aromatic carbocycles. The average molecular weight is 334 g/mol. The molecular weight excluding hydrogens is 319 g/mol. The summed E-state index contributed by atoms with van der Waals surface area (Å²) in [7, 11) is -3.76. The first-order valence-electron chi connectivity index (χ1n) is 7.11. The van der Waals surface area contributed by atoms with Gasteiger partial charge >= 0.3 is 5.97 Å². The summed E-state index contributed by atoms with van der Waals surface area (Å²) < 4.78 is 38.5. The maximum atomic E-state index is 13.0. The smallest absolute Gasteiger partial charge is 0.308 e. The van der Waals surface area contributed by atoms with Crippen LogP contribution in [0.3, 0.4) is 0 Å². The Balaban J connectivity index is 1.98. The molecule has 1 N–H and O–H groups in total. The van der Waals surface area contributed by atoms with E-state index >= 15 is 0 Å². The summed E-state index contributed by atoms with van der Waals surface area (Å²) in [6.45, 7) is 1.84. The number of rotatable bonds is 4. The third-order valence-electron chi connectivity index (χ3n) is 4.20. The van der Waals surface area contributed by atoms with Crippen LogP contribution in [0.1, 0.15) is 17.0 Å². The van der Waals surface area contributed by atoms with E-state index in [4.69, 9.17) is 0 Å². The molecule has 1 saturated carbocycles. The Kier molecular flexibility index (Phi) is 3.72. The van der Waals surface area contributed by atoms with E-state index in [0.717, 1.165) is 5.56 Å². The minimum Gasteiger partial charge on any atom is -0.481 e. The lowest BCUT2D eigenvalue weighted by atomic mass is 10.1. The molecule has 0 saturated heterocycles. The summed E-state index contributed by atoms with van der Waals surface area (Å²) in [5, 5.41) is 8.31. The summed E-state index contributed by atoms with van der Waals surface area (Å²) in [4.78, 5) is 11.5. The SMILES string of the molecule is Cc1ccc(S(=O)(=O)[C@@H]2[C@H](C(=O)O)[C@@H]2c2ccc(F)cc2)cc1. The van der Waals surface area contributed by atoms with Gasteiger partial charge in [-0.1, -0.05) is 29.8 Å².